The highest BCUT2D eigenvalue weighted by atomic mass is 35.5. The van der Waals surface area contributed by atoms with Crippen molar-refractivity contribution in [2.24, 2.45) is 11.8 Å². The molecule has 1 N–H and O–H groups in total. The minimum Gasteiger partial charge on any atom is -0.423 e. The van der Waals surface area contributed by atoms with E-state index in [4.69, 9.17) is 21.0 Å². The van der Waals surface area contributed by atoms with Crippen LogP contribution in [-0.2, 0) is 6.42 Å². The molecule has 42 heavy (non-hydrogen) atoms. The Morgan fingerprint density at radius 1 is 1.00 bits per heavy atom. The van der Waals surface area contributed by atoms with Gasteiger partial charge in [0.25, 0.3) is 0 Å². The Bertz CT molecular complexity index is 1230. The number of aromatic nitrogens is 1. The van der Waals surface area contributed by atoms with Gasteiger partial charge in [-0.2, -0.15) is 11.8 Å². The number of hydrogen-bond acceptors (Lipinski definition) is 6. The molecule has 2 heterocycles. The van der Waals surface area contributed by atoms with Crippen molar-refractivity contribution >= 4 is 34.9 Å². The summed E-state index contributed by atoms with van der Waals surface area (Å²) in [5.74, 6) is 5.53. The molecule has 0 bridgehead atoms. The molecule has 228 valence electrons. The molecular weight excluding hydrogens is 560 g/mol. The van der Waals surface area contributed by atoms with Gasteiger partial charge in [0.15, 0.2) is 0 Å². The van der Waals surface area contributed by atoms with Gasteiger partial charge in [-0.25, -0.2) is 4.98 Å². The van der Waals surface area contributed by atoms with E-state index in [2.05, 4.69) is 85.3 Å². The minimum atomic E-state index is 0.0353. The van der Waals surface area contributed by atoms with Crippen LogP contribution in [0.2, 0.25) is 5.02 Å². The third-order valence-electron chi connectivity index (χ3n) is 9.48. The van der Waals surface area contributed by atoms with E-state index < -0.39 is 0 Å². The lowest BCUT2D eigenvalue weighted by Crippen LogP contribution is -2.41. The number of hydrogen-bond donors (Lipinski definition) is 1. The number of nitrogens with one attached hydrogen (secondary N) is 1. The van der Waals surface area contributed by atoms with E-state index in [-0.39, 0.29) is 11.6 Å². The topological polar surface area (TPSA) is 44.5 Å². The Morgan fingerprint density at radius 3 is 2.31 bits per heavy atom. The maximum Gasteiger partial charge on any atom is 0.220 e. The van der Waals surface area contributed by atoms with Crippen molar-refractivity contribution in [3.8, 4) is 0 Å². The second kappa shape index (κ2) is 14.5. The first-order chi connectivity index (χ1) is 20.4. The second-order valence-electron chi connectivity index (χ2n) is 12.6. The van der Waals surface area contributed by atoms with Gasteiger partial charge in [-0.3, -0.25) is 4.90 Å². The molecule has 2 fully saturated rings. The van der Waals surface area contributed by atoms with E-state index >= 15 is 0 Å². The van der Waals surface area contributed by atoms with E-state index in [9.17, 15) is 0 Å². The number of rotatable bonds is 12. The molecule has 1 saturated heterocycles. The molecule has 1 unspecified atom stereocenters. The summed E-state index contributed by atoms with van der Waals surface area (Å²) in [7, 11) is 0. The Kier molecular flexibility index (Phi) is 10.8. The molecule has 0 spiro atoms. The molecule has 1 aliphatic carbocycles. The Labute approximate surface area is 262 Å². The molecule has 0 amide bonds. The maximum absolute atomic E-state index is 6.81. The van der Waals surface area contributed by atoms with Crippen molar-refractivity contribution in [1.82, 2.24) is 9.88 Å². The smallest absolute Gasteiger partial charge is 0.220 e. The zero-order chi connectivity index (χ0) is 29.5. The van der Waals surface area contributed by atoms with Crippen LogP contribution in [0.15, 0.2) is 59.0 Å². The van der Waals surface area contributed by atoms with Gasteiger partial charge in [-0.1, -0.05) is 68.6 Å². The first-order valence-corrected chi connectivity index (χ1v) is 17.5. The molecule has 2 aromatic carbocycles. The summed E-state index contributed by atoms with van der Waals surface area (Å²) in [6.45, 7) is 13.3. The predicted octanol–water partition coefficient (Wildman–Crippen LogP) is 8.94. The lowest BCUT2D eigenvalue weighted by Gasteiger charge is -2.41. The molecule has 5 rings (SSSR count). The first kappa shape index (κ1) is 31.3. The van der Waals surface area contributed by atoms with Crippen molar-refractivity contribution in [3.63, 3.8) is 0 Å². The molecule has 1 aliphatic heterocycles. The van der Waals surface area contributed by atoms with Crippen molar-refractivity contribution in [2.45, 2.75) is 77.8 Å². The third kappa shape index (κ3) is 7.86. The van der Waals surface area contributed by atoms with Crippen LogP contribution < -0.4 is 10.2 Å². The summed E-state index contributed by atoms with van der Waals surface area (Å²) in [4.78, 5) is 10.3. The summed E-state index contributed by atoms with van der Waals surface area (Å²) >= 11 is 8.15. The van der Waals surface area contributed by atoms with Crippen LogP contribution in [0.1, 0.15) is 83.0 Å². The predicted molar refractivity (Wildman–Crippen MR) is 180 cm³/mol. The van der Waals surface area contributed by atoms with Crippen molar-refractivity contribution in [2.75, 3.05) is 47.9 Å². The monoisotopic (exact) mass is 608 g/mol. The number of oxazole rings is 1. The number of benzene rings is 2. The average Bonchev–Trinajstić information content (AvgIpc) is 3.43. The van der Waals surface area contributed by atoms with Gasteiger partial charge in [0.05, 0.1) is 6.04 Å². The molecule has 1 saturated carbocycles. The third-order valence-corrected chi connectivity index (χ3v) is 10.7. The lowest BCUT2D eigenvalue weighted by molar-refractivity contribution is 0.128. The Hall–Kier alpha value is -2.15. The molecule has 1 aromatic heterocycles. The number of halogens is 1. The summed E-state index contributed by atoms with van der Waals surface area (Å²) in [6.07, 6.45) is 6.91. The number of thioether (sulfide) groups is 1. The SMILES string of the molecule is CCN(CC)C(CC1CCC(C(C)(C)Nc2ccc(Cl)cc2)CC1)c1nc(Cc2ccccc2)c(N2CCSCC2)o1. The Morgan fingerprint density at radius 2 is 1.67 bits per heavy atom. The second-order valence-corrected chi connectivity index (χ2v) is 14.3. The average molecular weight is 609 g/mol. The van der Waals surface area contributed by atoms with Gasteiger partial charge < -0.3 is 14.6 Å². The fourth-order valence-corrected chi connectivity index (χ4v) is 7.96. The van der Waals surface area contributed by atoms with Crippen molar-refractivity contribution in [1.29, 1.82) is 0 Å². The fourth-order valence-electron chi connectivity index (χ4n) is 6.94. The van der Waals surface area contributed by atoms with E-state index in [1.165, 1.54) is 31.2 Å². The van der Waals surface area contributed by atoms with Crippen LogP contribution in [0, 0.1) is 11.8 Å². The molecule has 7 heteroatoms. The molecule has 0 radical (unpaired) electrons. The summed E-state index contributed by atoms with van der Waals surface area (Å²) in [5, 5.41) is 4.57. The summed E-state index contributed by atoms with van der Waals surface area (Å²) in [5.41, 5.74) is 3.57. The fraction of sp³-hybridized carbons (Fsp3) is 0.571. The summed E-state index contributed by atoms with van der Waals surface area (Å²) in [6, 6.07) is 19.0. The van der Waals surface area contributed by atoms with Crippen LogP contribution in [-0.4, -0.2) is 53.1 Å². The highest BCUT2D eigenvalue weighted by molar-refractivity contribution is 7.99. The molecule has 1 atom stereocenters. The lowest BCUT2D eigenvalue weighted by atomic mass is 9.71. The molecule has 5 nitrogen and oxygen atoms in total. The number of nitrogens with zero attached hydrogens (tertiary/aromatic N) is 3. The number of anilines is 2. The normalized spacial score (nSPS) is 20.6. The highest BCUT2D eigenvalue weighted by Crippen LogP contribution is 2.42. The van der Waals surface area contributed by atoms with Crippen LogP contribution >= 0.6 is 23.4 Å². The van der Waals surface area contributed by atoms with Gasteiger partial charge >= 0.3 is 0 Å². The van der Waals surface area contributed by atoms with Crippen LogP contribution in [0.5, 0.6) is 0 Å². The van der Waals surface area contributed by atoms with Gasteiger partial charge in [0.1, 0.15) is 5.69 Å². The van der Waals surface area contributed by atoms with Gasteiger partial charge in [-0.05, 0) is 87.9 Å². The molecule has 3 aromatic rings. The minimum absolute atomic E-state index is 0.0353. The Balaban J connectivity index is 1.31. The van der Waals surface area contributed by atoms with Gasteiger partial charge in [0, 0.05) is 47.3 Å². The standard InChI is InChI=1S/C35H49ClN4OS/c1-5-39(6-2)32(25-27-12-14-28(15-13-27)35(3,4)38-30-18-16-29(36)17-19-30)33-37-31(24-26-10-8-7-9-11-26)34(41-33)40-20-22-42-23-21-40/h7-11,16-19,27-28,32,38H,5-6,12-15,20-25H2,1-4H3. The maximum atomic E-state index is 6.81. The van der Waals surface area contributed by atoms with E-state index in [1.54, 1.807) is 0 Å². The highest BCUT2D eigenvalue weighted by Gasteiger charge is 2.36. The summed E-state index contributed by atoms with van der Waals surface area (Å²) < 4.78 is 6.81. The van der Waals surface area contributed by atoms with E-state index in [0.29, 0.717) is 11.8 Å². The van der Waals surface area contributed by atoms with Crippen LogP contribution in [0.25, 0.3) is 0 Å². The van der Waals surface area contributed by atoms with E-state index in [1.807, 2.05) is 23.9 Å². The first-order valence-electron chi connectivity index (χ1n) is 16.0. The molecular formula is C35H49ClN4OS. The zero-order valence-electron chi connectivity index (χ0n) is 25.9. The van der Waals surface area contributed by atoms with Crippen LogP contribution in [0.3, 0.4) is 0 Å². The zero-order valence-corrected chi connectivity index (χ0v) is 27.5. The van der Waals surface area contributed by atoms with Crippen LogP contribution in [0.4, 0.5) is 11.6 Å². The molecule has 2 aliphatic rings. The quantitative estimate of drug-likeness (QED) is 0.221. The van der Waals surface area contributed by atoms with Crippen molar-refractivity contribution in [3.05, 3.63) is 76.8 Å². The largest absolute Gasteiger partial charge is 0.423 e. The van der Waals surface area contributed by atoms with E-state index in [0.717, 1.165) is 78.7 Å². The van der Waals surface area contributed by atoms with Crippen molar-refractivity contribution < 1.29 is 4.42 Å². The van der Waals surface area contributed by atoms with Gasteiger partial charge in [0.2, 0.25) is 11.8 Å². The van der Waals surface area contributed by atoms with Gasteiger partial charge in [-0.15, -0.1) is 0 Å².